The average Bonchev–Trinajstić information content (AvgIpc) is 1.56. The van der Waals surface area contributed by atoms with Crippen molar-refractivity contribution in [1.82, 2.24) is 38.2 Å². The van der Waals surface area contributed by atoms with Gasteiger partial charge in [-0.05, 0) is 154 Å². The Hall–Kier alpha value is -14.9. The molecule has 0 aliphatic carbocycles. The van der Waals surface area contributed by atoms with Crippen LogP contribution in [-0.2, 0) is 0 Å². The highest BCUT2D eigenvalue weighted by Gasteiger charge is 2.25. The Bertz CT molecular complexity index is 7270. The summed E-state index contributed by atoms with van der Waals surface area (Å²) < 4.78 is 9.61. The first kappa shape index (κ1) is 63.6. The Balaban J connectivity index is 0.000000142. The maximum absolute atomic E-state index is 5.36. The van der Waals surface area contributed by atoms with E-state index in [4.69, 9.17) is 19.9 Å². The lowest BCUT2D eigenvalue weighted by Crippen LogP contribution is -1.97. The first-order valence-corrected chi connectivity index (χ1v) is 37.3. The maximum atomic E-state index is 5.36. The monoisotopic (exact) mass is 1400 g/mol. The van der Waals surface area contributed by atoms with Gasteiger partial charge in [0.15, 0.2) is 11.6 Å². The molecule has 0 saturated heterocycles. The van der Waals surface area contributed by atoms with Crippen molar-refractivity contribution in [1.29, 1.82) is 0 Å². The predicted molar refractivity (Wildman–Crippen MR) is 457 cm³/mol. The van der Waals surface area contributed by atoms with Crippen molar-refractivity contribution in [3.63, 3.8) is 0 Å². The molecular formula is C102H66N8. The molecule has 6 heterocycles. The van der Waals surface area contributed by atoms with Gasteiger partial charge in [0, 0.05) is 88.1 Å². The lowest BCUT2D eigenvalue weighted by atomic mass is 9.96. The van der Waals surface area contributed by atoms with Crippen molar-refractivity contribution in [2.75, 3.05) is 0 Å². The summed E-state index contributed by atoms with van der Waals surface area (Å²) in [4.78, 5) is 20.8. The first-order valence-electron chi connectivity index (χ1n) is 37.3. The summed E-state index contributed by atoms with van der Waals surface area (Å²) >= 11 is 0. The van der Waals surface area contributed by atoms with Gasteiger partial charge < -0.3 is 18.3 Å². The maximum Gasteiger partial charge on any atom is 0.160 e. The van der Waals surface area contributed by atoms with Crippen molar-refractivity contribution in [2.24, 2.45) is 0 Å². The molecule has 0 N–H and O–H groups in total. The summed E-state index contributed by atoms with van der Waals surface area (Å²) in [6.45, 7) is 0. The molecule has 16 aromatic carbocycles. The van der Waals surface area contributed by atoms with E-state index in [1.807, 2.05) is 12.1 Å². The number of hydrogen-bond acceptors (Lipinski definition) is 4. The Kier molecular flexibility index (Phi) is 15.4. The highest BCUT2D eigenvalue weighted by Crippen LogP contribution is 2.46. The molecule has 110 heavy (non-hydrogen) atoms. The molecule has 0 bridgehead atoms. The fraction of sp³-hybridized carbons (Fsp3) is 0. The van der Waals surface area contributed by atoms with Crippen molar-refractivity contribution in [3.8, 4) is 102 Å². The molecule has 514 valence electrons. The number of hydrogen-bond donors (Lipinski definition) is 0. The summed E-state index contributed by atoms with van der Waals surface area (Å²) in [6.07, 6.45) is 0. The van der Waals surface area contributed by atoms with Crippen LogP contribution in [0, 0.1) is 0 Å². The molecular weight excluding hydrogens is 1340 g/mol. The van der Waals surface area contributed by atoms with Crippen LogP contribution in [0.2, 0.25) is 0 Å². The Morgan fingerprint density at radius 1 is 0.182 bits per heavy atom. The van der Waals surface area contributed by atoms with E-state index in [9.17, 15) is 0 Å². The van der Waals surface area contributed by atoms with Crippen LogP contribution in [0.5, 0.6) is 0 Å². The minimum absolute atomic E-state index is 0.701. The third-order valence-electron chi connectivity index (χ3n) is 21.6. The number of rotatable bonds is 11. The normalized spacial score (nSPS) is 11.6. The van der Waals surface area contributed by atoms with Crippen molar-refractivity contribution < 1.29 is 0 Å². The number of nitrogens with zero attached hydrogens (tertiary/aromatic N) is 8. The predicted octanol–water partition coefficient (Wildman–Crippen LogP) is 26.2. The van der Waals surface area contributed by atoms with Gasteiger partial charge in [-0.1, -0.05) is 279 Å². The number of para-hydroxylation sites is 6. The van der Waals surface area contributed by atoms with Crippen LogP contribution in [0.1, 0.15) is 0 Å². The molecule has 0 fully saturated rings. The number of benzene rings is 16. The molecule has 0 aliphatic rings. The van der Waals surface area contributed by atoms with Gasteiger partial charge in [-0.25, -0.2) is 19.9 Å². The molecule has 8 heteroatoms. The van der Waals surface area contributed by atoms with E-state index in [2.05, 4.69) is 407 Å². The molecule has 0 saturated carbocycles. The topological polar surface area (TPSA) is 71.3 Å². The zero-order chi connectivity index (χ0) is 72.6. The Morgan fingerprint density at radius 3 is 0.955 bits per heavy atom. The summed E-state index contributed by atoms with van der Waals surface area (Å²) in [5, 5.41) is 11.6. The largest absolute Gasteiger partial charge is 0.309 e. The number of fused-ring (bicyclic) bond motifs is 13. The van der Waals surface area contributed by atoms with Gasteiger partial charge in [-0.15, -0.1) is 0 Å². The van der Waals surface area contributed by atoms with Crippen LogP contribution in [0.15, 0.2) is 400 Å². The van der Waals surface area contributed by atoms with Gasteiger partial charge in [0.1, 0.15) is 0 Å². The van der Waals surface area contributed by atoms with Gasteiger partial charge >= 0.3 is 0 Å². The average molecular weight is 1400 g/mol. The lowest BCUT2D eigenvalue weighted by Gasteiger charge is -2.12. The standard InChI is InChI=1S/C56H36N4.C46H30N4/c1-4-16-39(17-5-1)53-36-49-52(59(53)42-19-6-2-7-20-42)34-32-46-48-35-41(31-33-51(48)60(55(46)49)43-21-8-3-9-22-43)56-57-50-26-13-12-24-47(50)54(58-56)40-29-27-38(28-30-40)45-25-14-18-37-15-10-11-23-44(37)45;1-5-15-31(16-6-1)43-30-39-42(49(43)34-19-9-3-10-20-34)28-26-36-38-29-33(25-27-41(38)50(45(36)39)35-21-11-4-12-22-35)46-47-40-24-14-13-23-37(40)44(48-46)32-17-7-2-8-18-32/h1-36H;1-30H. The van der Waals surface area contributed by atoms with Gasteiger partial charge in [0.05, 0.1) is 66.9 Å². The van der Waals surface area contributed by atoms with Crippen molar-refractivity contribution in [3.05, 3.63) is 400 Å². The van der Waals surface area contributed by atoms with Gasteiger partial charge in [-0.3, -0.25) is 0 Å². The summed E-state index contributed by atoms with van der Waals surface area (Å²) in [5.74, 6) is 1.42. The highest BCUT2D eigenvalue weighted by molar-refractivity contribution is 6.21. The van der Waals surface area contributed by atoms with Crippen LogP contribution in [-0.4, -0.2) is 38.2 Å². The fourth-order valence-electron chi connectivity index (χ4n) is 16.6. The van der Waals surface area contributed by atoms with Gasteiger partial charge in [-0.2, -0.15) is 0 Å². The molecule has 0 spiro atoms. The van der Waals surface area contributed by atoms with E-state index < -0.39 is 0 Å². The van der Waals surface area contributed by atoms with Gasteiger partial charge in [0.25, 0.3) is 0 Å². The summed E-state index contributed by atoms with van der Waals surface area (Å²) in [5.41, 5.74) is 26.3. The Morgan fingerprint density at radius 2 is 0.509 bits per heavy atom. The fourth-order valence-corrected chi connectivity index (χ4v) is 16.6. The van der Waals surface area contributed by atoms with E-state index in [0.717, 1.165) is 122 Å². The second-order valence-electron chi connectivity index (χ2n) is 28.0. The van der Waals surface area contributed by atoms with E-state index in [-0.39, 0.29) is 0 Å². The van der Waals surface area contributed by atoms with E-state index in [1.165, 1.54) is 65.6 Å². The molecule has 0 aliphatic heterocycles. The molecule has 0 radical (unpaired) electrons. The van der Waals surface area contributed by atoms with Crippen LogP contribution < -0.4 is 0 Å². The third kappa shape index (κ3) is 10.8. The highest BCUT2D eigenvalue weighted by atomic mass is 15.0. The minimum atomic E-state index is 0.701. The lowest BCUT2D eigenvalue weighted by molar-refractivity contribution is 1.13. The third-order valence-corrected chi connectivity index (χ3v) is 21.6. The molecule has 0 unspecified atom stereocenters. The molecule has 8 nitrogen and oxygen atoms in total. The Labute approximate surface area is 634 Å². The molecule has 0 atom stereocenters. The van der Waals surface area contributed by atoms with Crippen LogP contribution in [0.4, 0.5) is 0 Å². The SMILES string of the molecule is c1ccc(-c2cc3c(ccc4c5cc(-c6nc(-c7ccc(-c8cccc9ccccc89)cc7)c7ccccc7n6)ccc5n(-c5ccccc5)c43)n2-c2ccccc2)cc1.c1ccc(-c2nc(-c3ccc4c(c3)c3ccc5c(cc(-c6ccccc6)n5-c5ccccc5)c3n4-c3ccccc3)nc3ccccc23)cc1. The van der Waals surface area contributed by atoms with Gasteiger partial charge in [0.2, 0.25) is 0 Å². The van der Waals surface area contributed by atoms with E-state index in [1.54, 1.807) is 0 Å². The van der Waals surface area contributed by atoms with Crippen LogP contribution in [0.25, 0.3) is 200 Å². The summed E-state index contributed by atoms with van der Waals surface area (Å²) in [6, 6.07) is 142. The second kappa shape index (κ2) is 26.6. The smallest absolute Gasteiger partial charge is 0.160 e. The van der Waals surface area contributed by atoms with Crippen molar-refractivity contribution >= 4 is 98.0 Å². The minimum Gasteiger partial charge on any atom is -0.309 e. The zero-order valence-corrected chi connectivity index (χ0v) is 59.7. The van der Waals surface area contributed by atoms with Crippen LogP contribution >= 0.6 is 0 Å². The molecule has 22 rings (SSSR count). The molecule has 6 aromatic heterocycles. The van der Waals surface area contributed by atoms with Crippen molar-refractivity contribution in [2.45, 2.75) is 0 Å². The second-order valence-corrected chi connectivity index (χ2v) is 28.0. The number of aromatic nitrogens is 8. The van der Waals surface area contributed by atoms with E-state index in [0.29, 0.717) is 11.6 Å². The molecule has 0 amide bonds. The first-order chi connectivity index (χ1) is 54.6. The zero-order valence-electron chi connectivity index (χ0n) is 59.7. The van der Waals surface area contributed by atoms with E-state index >= 15 is 0 Å². The molecule has 22 aromatic rings. The summed E-state index contributed by atoms with van der Waals surface area (Å²) in [7, 11) is 0. The van der Waals surface area contributed by atoms with Crippen LogP contribution in [0.3, 0.4) is 0 Å². The quantitative estimate of drug-likeness (QED) is 0.129.